The maximum atomic E-state index is 12.2. The van der Waals surface area contributed by atoms with Crippen molar-refractivity contribution >= 4 is 17.8 Å². The van der Waals surface area contributed by atoms with Gasteiger partial charge in [0.25, 0.3) is 5.91 Å². The molecular weight excluding hydrogens is 306 g/mol. The van der Waals surface area contributed by atoms with Gasteiger partial charge in [-0.05, 0) is 43.9 Å². The summed E-state index contributed by atoms with van der Waals surface area (Å²) in [6.07, 6.45) is 1.38. The minimum Gasteiger partial charge on any atom is -0.348 e. The zero-order chi connectivity index (χ0) is 17.9. The van der Waals surface area contributed by atoms with Crippen LogP contribution in [0.4, 0.5) is 4.79 Å². The van der Waals surface area contributed by atoms with Crippen molar-refractivity contribution in [2.75, 3.05) is 6.54 Å². The van der Waals surface area contributed by atoms with Gasteiger partial charge in [0, 0.05) is 0 Å². The smallest absolute Gasteiger partial charge is 0.325 e. The molecule has 1 aliphatic heterocycles. The Bertz CT molecular complexity index is 657. The van der Waals surface area contributed by atoms with E-state index in [2.05, 4.69) is 10.6 Å². The van der Waals surface area contributed by atoms with E-state index in [1.54, 1.807) is 0 Å². The molecule has 1 fully saturated rings. The highest BCUT2D eigenvalue weighted by Gasteiger charge is 2.38. The van der Waals surface area contributed by atoms with Gasteiger partial charge < -0.3 is 10.6 Å². The van der Waals surface area contributed by atoms with E-state index in [1.807, 2.05) is 45.9 Å². The van der Waals surface area contributed by atoms with E-state index in [4.69, 9.17) is 0 Å². The fourth-order valence-electron chi connectivity index (χ4n) is 2.76. The number of imide groups is 1. The second-order valence-electron chi connectivity index (χ2n) is 6.35. The molecule has 0 bridgehead atoms. The molecule has 1 saturated heterocycles. The van der Waals surface area contributed by atoms with Gasteiger partial charge in [-0.1, -0.05) is 31.5 Å². The number of benzene rings is 1. The Kier molecular flexibility index (Phi) is 5.59. The van der Waals surface area contributed by atoms with E-state index in [-0.39, 0.29) is 24.4 Å². The van der Waals surface area contributed by atoms with Gasteiger partial charge in [-0.3, -0.25) is 14.5 Å². The van der Waals surface area contributed by atoms with Crippen molar-refractivity contribution in [2.24, 2.45) is 0 Å². The molecule has 6 heteroatoms. The van der Waals surface area contributed by atoms with Gasteiger partial charge in [0.05, 0.1) is 6.04 Å². The Labute approximate surface area is 142 Å². The minimum atomic E-state index is -0.507. The van der Waals surface area contributed by atoms with Crippen LogP contribution >= 0.6 is 0 Å². The Hall–Kier alpha value is -2.37. The number of hydrogen-bond acceptors (Lipinski definition) is 3. The largest absolute Gasteiger partial charge is 0.348 e. The number of hydrogen-bond donors (Lipinski definition) is 2. The average Bonchev–Trinajstić information content (AvgIpc) is 2.78. The first kappa shape index (κ1) is 18.0. The van der Waals surface area contributed by atoms with Gasteiger partial charge in [-0.15, -0.1) is 0 Å². The number of amides is 4. The lowest BCUT2D eigenvalue weighted by molar-refractivity contribution is -0.132. The zero-order valence-corrected chi connectivity index (χ0v) is 14.7. The summed E-state index contributed by atoms with van der Waals surface area (Å²) in [5, 5.41) is 5.46. The number of nitrogens with one attached hydrogen (secondary N) is 2. The Morgan fingerprint density at radius 3 is 2.62 bits per heavy atom. The van der Waals surface area contributed by atoms with Crippen molar-refractivity contribution in [2.45, 2.75) is 52.6 Å². The predicted molar refractivity (Wildman–Crippen MR) is 91.4 cm³/mol. The number of nitrogens with zero attached hydrogens (tertiary/aromatic N) is 1. The topological polar surface area (TPSA) is 78.5 Å². The molecule has 6 nitrogen and oxygen atoms in total. The van der Waals surface area contributed by atoms with Gasteiger partial charge in [-0.2, -0.15) is 0 Å². The monoisotopic (exact) mass is 331 g/mol. The van der Waals surface area contributed by atoms with Gasteiger partial charge in [0.1, 0.15) is 12.6 Å². The van der Waals surface area contributed by atoms with Gasteiger partial charge in [0.2, 0.25) is 5.91 Å². The van der Waals surface area contributed by atoms with Crippen molar-refractivity contribution < 1.29 is 14.4 Å². The first-order valence-electron chi connectivity index (χ1n) is 8.31. The van der Waals surface area contributed by atoms with Crippen LogP contribution in [0, 0.1) is 13.8 Å². The minimum absolute atomic E-state index is 0.191. The molecule has 24 heavy (non-hydrogen) atoms. The summed E-state index contributed by atoms with van der Waals surface area (Å²) in [6.45, 7) is 7.63. The highest BCUT2D eigenvalue weighted by molar-refractivity contribution is 6.06. The number of rotatable bonds is 6. The molecule has 0 spiro atoms. The van der Waals surface area contributed by atoms with E-state index in [9.17, 15) is 14.4 Å². The molecule has 1 aliphatic rings. The van der Waals surface area contributed by atoms with Crippen molar-refractivity contribution in [3.8, 4) is 0 Å². The van der Waals surface area contributed by atoms with E-state index in [1.165, 1.54) is 5.56 Å². The third kappa shape index (κ3) is 3.93. The molecule has 0 saturated carbocycles. The normalized spacial score (nSPS) is 18.5. The maximum Gasteiger partial charge on any atom is 0.325 e. The first-order chi connectivity index (χ1) is 11.3. The lowest BCUT2D eigenvalue weighted by atomic mass is 10.0. The van der Waals surface area contributed by atoms with Gasteiger partial charge in [-0.25, -0.2) is 4.79 Å². The van der Waals surface area contributed by atoms with Gasteiger partial charge in [0.15, 0.2) is 0 Å². The fourth-order valence-corrected chi connectivity index (χ4v) is 2.76. The third-order valence-electron chi connectivity index (χ3n) is 4.39. The van der Waals surface area contributed by atoms with Gasteiger partial charge >= 0.3 is 6.03 Å². The molecule has 0 aromatic heterocycles. The third-order valence-corrected chi connectivity index (χ3v) is 4.39. The summed E-state index contributed by atoms with van der Waals surface area (Å²) >= 11 is 0. The van der Waals surface area contributed by atoms with Crippen LogP contribution in [-0.4, -0.2) is 35.3 Å². The van der Waals surface area contributed by atoms with Crippen LogP contribution in [0.1, 0.15) is 49.4 Å². The summed E-state index contributed by atoms with van der Waals surface area (Å²) in [6, 6.07) is 4.83. The molecule has 0 aliphatic carbocycles. The zero-order valence-electron chi connectivity index (χ0n) is 14.7. The second kappa shape index (κ2) is 7.47. The highest BCUT2D eigenvalue weighted by Crippen LogP contribution is 2.17. The molecule has 130 valence electrons. The van der Waals surface area contributed by atoms with Crippen LogP contribution in [0.25, 0.3) is 0 Å². The molecule has 1 heterocycles. The Morgan fingerprint density at radius 2 is 2.00 bits per heavy atom. The number of urea groups is 1. The molecule has 4 amide bonds. The average molecular weight is 331 g/mol. The van der Waals surface area contributed by atoms with E-state index in [0.29, 0.717) is 6.42 Å². The van der Waals surface area contributed by atoms with Crippen molar-refractivity contribution in [1.82, 2.24) is 15.5 Å². The number of aryl methyl sites for hydroxylation is 2. The van der Waals surface area contributed by atoms with Crippen molar-refractivity contribution in [3.63, 3.8) is 0 Å². The summed E-state index contributed by atoms with van der Waals surface area (Å²) in [5.41, 5.74) is 3.34. The maximum absolute atomic E-state index is 12.2. The summed E-state index contributed by atoms with van der Waals surface area (Å²) in [4.78, 5) is 37.2. The van der Waals surface area contributed by atoms with Crippen molar-refractivity contribution in [3.05, 3.63) is 34.9 Å². The van der Waals surface area contributed by atoms with Crippen LogP contribution in [-0.2, 0) is 9.59 Å². The predicted octanol–water partition coefficient (Wildman–Crippen LogP) is 2.20. The van der Waals surface area contributed by atoms with E-state index in [0.717, 1.165) is 22.4 Å². The molecule has 2 atom stereocenters. The van der Waals surface area contributed by atoms with Crippen LogP contribution in [0.2, 0.25) is 0 Å². The molecule has 2 N–H and O–H groups in total. The van der Waals surface area contributed by atoms with Crippen LogP contribution < -0.4 is 10.6 Å². The van der Waals surface area contributed by atoms with Crippen molar-refractivity contribution in [1.29, 1.82) is 0 Å². The summed E-state index contributed by atoms with van der Waals surface area (Å²) < 4.78 is 0. The SMILES string of the molecule is CCC[C@@H]1NC(=O)N(CC(=O)N[C@H](C)c2ccc(C)c(C)c2)C1=O. The molecule has 2 rings (SSSR count). The molecule has 1 aromatic rings. The number of carbonyl (C=O) groups excluding carboxylic acids is 3. The molecular formula is C18H25N3O3. The summed E-state index contributed by atoms with van der Waals surface area (Å²) in [5.74, 6) is -0.669. The van der Waals surface area contributed by atoms with Crippen LogP contribution in [0.5, 0.6) is 0 Å². The standard InChI is InChI=1S/C18H25N3O3/c1-5-6-15-17(23)21(18(24)20-15)10-16(22)19-13(4)14-8-7-11(2)12(3)9-14/h7-9,13,15H,5-6,10H2,1-4H3,(H,19,22)(H,20,24)/t13-,15+/m1/s1. The Balaban J connectivity index is 1.96. The lowest BCUT2D eigenvalue weighted by Gasteiger charge is -2.18. The lowest BCUT2D eigenvalue weighted by Crippen LogP contribution is -2.41. The van der Waals surface area contributed by atoms with E-state index < -0.39 is 12.1 Å². The second-order valence-corrected chi connectivity index (χ2v) is 6.35. The summed E-state index contributed by atoms with van der Waals surface area (Å²) in [7, 11) is 0. The van der Waals surface area contributed by atoms with Crippen LogP contribution in [0.3, 0.4) is 0 Å². The quantitative estimate of drug-likeness (QED) is 0.785. The highest BCUT2D eigenvalue weighted by atomic mass is 16.2. The van der Waals surface area contributed by atoms with E-state index >= 15 is 0 Å². The Morgan fingerprint density at radius 1 is 1.29 bits per heavy atom. The molecule has 0 unspecified atom stereocenters. The fraction of sp³-hybridized carbons (Fsp3) is 0.500. The molecule has 1 aromatic carbocycles. The van der Waals surface area contributed by atoms with Crippen LogP contribution in [0.15, 0.2) is 18.2 Å². The first-order valence-corrected chi connectivity index (χ1v) is 8.31. The molecule has 0 radical (unpaired) electrons. The number of carbonyl (C=O) groups is 3.